The van der Waals surface area contributed by atoms with Crippen molar-refractivity contribution in [2.75, 3.05) is 20.1 Å². The number of hydrogen-bond donors (Lipinski definition) is 1. The summed E-state index contributed by atoms with van der Waals surface area (Å²) in [5.41, 5.74) is 0. The van der Waals surface area contributed by atoms with Gasteiger partial charge in [0.15, 0.2) is 0 Å². The van der Waals surface area contributed by atoms with Gasteiger partial charge in [-0.1, -0.05) is 19.8 Å². The van der Waals surface area contributed by atoms with Gasteiger partial charge in [-0.3, -0.25) is 4.79 Å². The van der Waals surface area contributed by atoms with Crippen LogP contribution < -0.4 is 0 Å². The predicted octanol–water partition coefficient (Wildman–Crippen LogP) is 1.54. The van der Waals surface area contributed by atoms with Crippen molar-refractivity contribution in [1.29, 1.82) is 0 Å². The first kappa shape index (κ1) is 16.7. The van der Waals surface area contributed by atoms with Gasteiger partial charge in [0.25, 0.3) is 10.2 Å². The molecule has 21 heavy (non-hydrogen) atoms. The molecule has 2 fully saturated rings. The van der Waals surface area contributed by atoms with Gasteiger partial charge in [-0.2, -0.15) is 17.0 Å². The largest absolute Gasteiger partial charge is 0.481 e. The van der Waals surface area contributed by atoms with Gasteiger partial charge in [-0.25, -0.2) is 0 Å². The van der Waals surface area contributed by atoms with E-state index in [-0.39, 0.29) is 12.6 Å². The van der Waals surface area contributed by atoms with Gasteiger partial charge in [0.2, 0.25) is 0 Å². The van der Waals surface area contributed by atoms with Crippen molar-refractivity contribution in [2.24, 2.45) is 11.8 Å². The molecule has 3 unspecified atom stereocenters. The average molecular weight is 318 g/mol. The molecular formula is C14H26N2O4S. The van der Waals surface area contributed by atoms with Crippen LogP contribution in [0.3, 0.4) is 0 Å². The fourth-order valence-corrected chi connectivity index (χ4v) is 5.29. The molecule has 0 radical (unpaired) electrons. The predicted molar refractivity (Wildman–Crippen MR) is 80.0 cm³/mol. The Morgan fingerprint density at radius 1 is 1.19 bits per heavy atom. The summed E-state index contributed by atoms with van der Waals surface area (Å²) in [4.78, 5) is 11.1. The number of piperidine rings is 1. The Labute approximate surface area is 127 Å². The van der Waals surface area contributed by atoms with E-state index in [4.69, 9.17) is 5.11 Å². The van der Waals surface area contributed by atoms with Gasteiger partial charge in [-0.15, -0.1) is 0 Å². The Balaban J connectivity index is 2.11. The van der Waals surface area contributed by atoms with E-state index >= 15 is 0 Å². The molecule has 0 bridgehead atoms. The van der Waals surface area contributed by atoms with E-state index in [1.54, 1.807) is 7.05 Å². The Kier molecular flexibility index (Phi) is 5.27. The third-order valence-electron chi connectivity index (χ3n) is 4.96. The molecule has 122 valence electrons. The quantitative estimate of drug-likeness (QED) is 0.853. The van der Waals surface area contributed by atoms with Crippen LogP contribution >= 0.6 is 0 Å². The lowest BCUT2D eigenvalue weighted by molar-refractivity contribution is -0.142. The number of hydrogen-bond acceptors (Lipinski definition) is 3. The molecule has 0 aromatic heterocycles. The highest BCUT2D eigenvalue weighted by Crippen LogP contribution is 2.30. The monoisotopic (exact) mass is 318 g/mol. The van der Waals surface area contributed by atoms with Crippen molar-refractivity contribution < 1.29 is 18.3 Å². The number of nitrogens with zero attached hydrogens (tertiary/aromatic N) is 2. The van der Waals surface area contributed by atoms with Gasteiger partial charge >= 0.3 is 5.97 Å². The number of rotatable bonds is 4. The zero-order valence-corrected chi connectivity index (χ0v) is 13.7. The first-order valence-electron chi connectivity index (χ1n) is 7.80. The van der Waals surface area contributed by atoms with Crippen LogP contribution in [-0.2, 0) is 15.0 Å². The molecule has 0 spiro atoms. The lowest BCUT2D eigenvalue weighted by Crippen LogP contribution is -2.52. The minimum Gasteiger partial charge on any atom is -0.481 e. The minimum atomic E-state index is -3.56. The van der Waals surface area contributed by atoms with Crippen molar-refractivity contribution in [2.45, 2.75) is 51.5 Å². The molecule has 7 heteroatoms. The van der Waals surface area contributed by atoms with Crippen LogP contribution in [0.2, 0.25) is 0 Å². The van der Waals surface area contributed by atoms with E-state index in [1.807, 2.05) is 0 Å². The number of carbonyl (C=O) groups is 1. The zero-order chi connectivity index (χ0) is 15.6. The summed E-state index contributed by atoms with van der Waals surface area (Å²) in [6.45, 7) is 2.63. The van der Waals surface area contributed by atoms with Crippen molar-refractivity contribution in [3.63, 3.8) is 0 Å². The van der Waals surface area contributed by atoms with E-state index in [9.17, 15) is 13.2 Å². The summed E-state index contributed by atoms with van der Waals surface area (Å²) in [7, 11) is -1.91. The van der Waals surface area contributed by atoms with Crippen molar-refractivity contribution >= 4 is 16.2 Å². The molecular weight excluding hydrogens is 292 g/mol. The van der Waals surface area contributed by atoms with Crippen LogP contribution in [0, 0.1) is 11.8 Å². The van der Waals surface area contributed by atoms with Crippen LogP contribution in [0.5, 0.6) is 0 Å². The lowest BCUT2D eigenvalue weighted by Gasteiger charge is -2.39. The fourth-order valence-electron chi connectivity index (χ4n) is 3.54. The molecule has 1 saturated heterocycles. The molecule has 1 aliphatic heterocycles. The van der Waals surface area contributed by atoms with E-state index < -0.39 is 22.1 Å². The lowest BCUT2D eigenvalue weighted by atomic mass is 9.86. The Bertz CT molecular complexity index is 479. The molecule has 3 atom stereocenters. The molecule has 1 saturated carbocycles. The van der Waals surface area contributed by atoms with Gasteiger partial charge in [-0.05, 0) is 31.6 Å². The van der Waals surface area contributed by atoms with Crippen molar-refractivity contribution in [1.82, 2.24) is 8.61 Å². The average Bonchev–Trinajstić information content (AvgIpc) is 2.47. The Hall–Kier alpha value is -0.660. The molecule has 2 rings (SSSR count). The number of carboxylic acid groups (broad SMARTS) is 1. The summed E-state index contributed by atoms with van der Waals surface area (Å²) in [6.07, 6.45) is 5.35. The first-order chi connectivity index (χ1) is 9.84. The maximum atomic E-state index is 12.8. The first-order valence-corrected chi connectivity index (χ1v) is 9.19. The molecule has 2 aliphatic rings. The normalized spacial score (nSPS) is 32.2. The highest BCUT2D eigenvalue weighted by Gasteiger charge is 2.38. The summed E-state index contributed by atoms with van der Waals surface area (Å²) in [6, 6.07) is 0.0361. The maximum absolute atomic E-state index is 12.8. The summed E-state index contributed by atoms with van der Waals surface area (Å²) in [5.74, 6) is -1.12. The molecule has 1 N–H and O–H groups in total. The summed E-state index contributed by atoms with van der Waals surface area (Å²) in [5, 5.41) is 9.12. The molecule has 0 aromatic carbocycles. The molecule has 0 amide bonds. The van der Waals surface area contributed by atoms with Crippen LogP contribution in [0.1, 0.15) is 45.4 Å². The topological polar surface area (TPSA) is 77.9 Å². The third-order valence-corrected chi connectivity index (χ3v) is 6.94. The minimum absolute atomic E-state index is 0.0361. The van der Waals surface area contributed by atoms with Crippen LogP contribution in [0.15, 0.2) is 0 Å². The second-order valence-corrected chi connectivity index (χ2v) is 8.38. The van der Waals surface area contributed by atoms with Gasteiger partial charge in [0.1, 0.15) is 0 Å². The van der Waals surface area contributed by atoms with Crippen LogP contribution in [0.25, 0.3) is 0 Å². The van der Waals surface area contributed by atoms with E-state index in [0.29, 0.717) is 25.3 Å². The number of aliphatic carboxylic acids is 1. The third kappa shape index (κ3) is 3.57. The Morgan fingerprint density at radius 2 is 1.86 bits per heavy atom. The van der Waals surface area contributed by atoms with Gasteiger partial charge < -0.3 is 5.11 Å². The fraction of sp³-hybridized carbons (Fsp3) is 0.929. The smallest absolute Gasteiger partial charge is 0.307 e. The molecule has 0 aromatic rings. The van der Waals surface area contributed by atoms with E-state index in [0.717, 1.165) is 25.7 Å². The standard InChI is InChI=1S/C14H26N2O4S/c1-11-6-3-4-8-13(11)15(2)21(19,20)16-9-5-7-12(10-16)14(17)18/h11-13H,3-10H2,1-2H3,(H,17,18). The molecule has 1 heterocycles. The second kappa shape index (κ2) is 6.62. The van der Waals surface area contributed by atoms with Gasteiger partial charge in [0.05, 0.1) is 5.92 Å². The Morgan fingerprint density at radius 3 is 2.48 bits per heavy atom. The highest BCUT2D eigenvalue weighted by molar-refractivity contribution is 7.86. The van der Waals surface area contributed by atoms with Gasteiger partial charge in [0, 0.05) is 26.2 Å². The number of carboxylic acids is 1. The van der Waals surface area contributed by atoms with E-state index in [2.05, 4.69) is 6.92 Å². The highest BCUT2D eigenvalue weighted by atomic mass is 32.2. The second-order valence-electron chi connectivity index (χ2n) is 6.39. The zero-order valence-electron chi connectivity index (χ0n) is 12.9. The molecule has 6 nitrogen and oxygen atoms in total. The van der Waals surface area contributed by atoms with Crippen molar-refractivity contribution in [3.8, 4) is 0 Å². The summed E-state index contributed by atoms with van der Waals surface area (Å²) >= 11 is 0. The van der Waals surface area contributed by atoms with Crippen molar-refractivity contribution in [3.05, 3.63) is 0 Å². The molecule has 1 aliphatic carbocycles. The van der Waals surface area contributed by atoms with E-state index in [1.165, 1.54) is 8.61 Å². The SMILES string of the molecule is CC1CCCCC1N(C)S(=O)(=O)N1CCCC(C(=O)O)C1. The summed E-state index contributed by atoms with van der Waals surface area (Å²) < 4.78 is 28.4. The van der Waals surface area contributed by atoms with Crippen LogP contribution in [-0.4, -0.2) is 54.3 Å². The van der Waals surface area contributed by atoms with Crippen LogP contribution in [0.4, 0.5) is 0 Å². The maximum Gasteiger partial charge on any atom is 0.307 e.